The number of carbonyl (C=O) groups excluding carboxylic acids is 1. The first-order valence-electron chi connectivity index (χ1n) is 6.48. The van der Waals surface area contributed by atoms with Gasteiger partial charge in [0.25, 0.3) is 0 Å². The fourth-order valence-electron chi connectivity index (χ4n) is 1.66. The summed E-state index contributed by atoms with van der Waals surface area (Å²) in [6.07, 6.45) is 3.17. The van der Waals surface area contributed by atoms with E-state index in [9.17, 15) is 9.18 Å². The highest BCUT2D eigenvalue weighted by molar-refractivity contribution is 9.10. The molecule has 0 heterocycles. The maximum Gasteiger partial charge on any atom is 0.305 e. The molecule has 1 rings (SSSR count). The summed E-state index contributed by atoms with van der Waals surface area (Å²) in [7, 11) is 0. The molecule has 3 nitrogen and oxygen atoms in total. The number of nitrogens with one attached hydrogen (secondary N) is 1. The van der Waals surface area contributed by atoms with Crippen LogP contribution >= 0.6 is 15.9 Å². The van der Waals surface area contributed by atoms with Crippen molar-refractivity contribution in [3.63, 3.8) is 0 Å². The molecule has 0 aromatic heterocycles. The summed E-state index contributed by atoms with van der Waals surface area (Å²) in [5.74, 6) is -0.392. The normalized spacial score (nSPS) is 10.3. The van der Waals surface area contributed by atoms with Gasteiger partial charge in [-0.05, 0) is 53.9 Å². The Morgan fingerprint density at radius 1 is 1.37 bits per heavy atom. The zero-order valence-electron chi connectivity index (χ0n) is 11.0. The van der Waals surface area contributed by atoms with Crippen LogP contribution in [-0.4, -0.2) is 19.1 Å². The number of halogens is 2. The molecular formula is C14H19BrFNO2. The molecule has 0 fully saturated rings. The molecule has 0 aliphatic rings. The molecule has 1 aromatic carbocycles. The van der Waals surface area contributed by atoms with Gasteiger partial charge in [-0.15, -0.1) is 0 Å². The molecule has 0 saturated carbocycles. The molecule has 0 bridgehead atoms. The first-order valence-corrected chi connectivity index (χ1v) is 7.27. The van der Waals surface area contributed by atoms with Gasteiger partial charge in [0.15, 0.2) is 0 Å². The first-order chi connectivity index (χ1) is 9.13. The minimum atomic E-state index is -0.256. The number of ether oxygens (including phenoxy) is 1. The summed E-state index contributed by atoms with van der Waals surface area (Å²) in [5.41, 5.74) is 0.755. The van der Waals surface area contributed by atoms with Crippen molar-refractivity contribution in [1.82, 2.24) is 0 Å². The topological polar surface area (TPSA) is 38.3 Å². The van der Waals surface area contributed by atoms with Gasteiger partial charge in [0.2, 0.25) is 0 Å². The molecule has 0 aliphatic carbocycles. The smallest absolute Gasteiger partial charge is 0.305 e. The Morgan fingerprint density at radius 3 is 2.89 bits per heavy atom. The Morgan fingerprint density at radius 2 is 2.16 bits per heavy atom. The second-order valence-electron chi connectivity index (χ2n) is 4.17. The molecule has 0 spiro atoms. The molecule has 0 aliphatic heterocycles. The first kappa shape index (κ1) is 16.0. The largest absolute Gasteiger partial charge is 0.466 e. The zero-order valence-corrected chi connectivity index (χ0v) is 12.6. The van der Waals surface area contributed by atoms with Gasteiger partial charge in [-0.2, -0.15) is 0 Å². The third-order valence-electron chi connectivity index (χ3n) is 2.61. The maximum atomic E-state index is 13.0. The standard InChI is InChI=1S/C14H19BrFNO2/c1-2-19-14(18)6-4-3-5-9-17-13-10-11(16)7-8-12(13)15/h7-8,10,17H,2-6,9H2,1H3. The molecule has 19 heavy (non-hydrogen) atoms. The van der Waals surface area contributed by atoms with Crippen LogP contribution in [0.5, 0.6) is 0 Å². The molecule has 0 radical (unpaired) electrons. The van der Waals surface area contributed by atoms with Crippen LogP contribution in [0.3, 0.4) is 0 Å². The summed E-state index contributed by atoms with van der Waals surface area (Å²) < 4.78 is 18.7. The molecule has 106 valence electrons. The van der Waals surface area contributed by atoms with Crippen molar-refractivity contribution in [3.05, 3.63) is 28.5 Å². The van der Waals surface area contributed by atoms with E-state index >= 15 is 0 Å². The Kier molecular flexibility index (Phi) is 7.48. The predicted molar refractivity (Wildman–Crippen MR) is 77.7 cm³/mol. The van der Waals surface area contributed by atoms with E-state index in [1.165, 1.54) is 12.1 Å². The highest BCUT2D eigenvalue weighted by atomic mass is 79.9. The van der Waals surface area contributed by atoms with Gasteiger partial charge < -0.3 is 10.1 Å². The number of hydrogen-bond donors (Lipinski definition) is 1. The fourth-order valence-corrected chi connectivity index (χ4v) is 2.05. The molecular weight excluding hydrogens is 313 g/mol. The Hall–Kier alpha value is -1.10. The van der Waals surface area contributed by atoms with Gasteiger partial charge in [-0.3, -0.25) is 4.79 Å². The van der Waals surface area contributed by atoms with Crippen molar-refractivity contribution in [3.8, 4) is 0 Å². The van der Waals surface area contributed by atoms with Crippen molar-refractivity contribution >= 4 is 27.6 Å². The summed E-state index contributed by atoms with van der Waals surface area (Å²) in [6, 6.07) is 4.55. The number of benzene rings is 1. The van der Waals surface area contributed by atoms with Crippen LogP contribution in [0.15, 0.2) is 22.7 Å². The Balaban J connectivity index is 2.14. The van der Waals surface area contributed by atoms with E-state index in [0.717, 1.165) is 36.0 Å². The third-order valence-corrected chi connectivity index (χ3v) is 3.30. The number of anilines is 1. The van der Waals surface area contributed by atoms with Gasteiger partial charge in [0.1, 0.15) is 5.82 Å². The van der Waals surface area contributed by atoms with Crippen LogP contribution in [0.4, 0.5) is 10.1 Å². The lowest BCUT2D eigenvalue weighted by Gasteiger charge is -2.08. The van der Waals surface area contributed by atoms with Gasteiger partial charge >= 0.3 is 5.97 Å². The van der Waals surface area contributed by atoms with E-state index in [4.69, 9.17) is 4.74 Å². The lowest BCUT2D eigenvalue weighted by Crippen LogP contribution is -2.05. The monoisotopic (exact) mass is 331 g/mol. The van der Waals surface area contributed by atoms with Gasteiger partial charge in [0, 0.05) is 17.4 Å². The van der Waals surface area contributed by atoms with E-state index in [-0.39, 0.29) is 11.8 Å². The Labute approximate surface area is 121 Å². The minimum absolute atomic E-state index is 0.136. The second kappa shape index (κ2) is 8.91. The number of carbonyl (C=O) groups is 1. The quantitative estimate of drug-likeness (QED) is 0.575. The van der Waals surface area contributed by atoms with Crippen molar-refractivity contribution in [1.29, 1.82) is 0 Å². The van der Waals surface area contributed by atoms with Crippen molar-refractivity contribution in [2.45, 2.75) is 32.6 Å². The third kappa shape index (κ3) is 6.57. The lowest BCUT2D eigenvalue weighted by atomic mass is 10.2. The molecule has 1 aromatic rings. The molecule has 5 heteroatoms. The number of hydrogen-bond acceptors (Lipinski definition) is 3. The van der Waals surface area contributed by atoms with Crippen LogP contribution in [0, 0.1) is 5.82 Å². The van der Waals surface area contributed by atoms with E-state index < -0.39 is 0 Å². The van der Waals surface area contributed by atoms with Gasteiger partial charge in [0.05, 0.1) is 12.3 Å². The molecule has 0 amide bonds. The van der Waals surface area contributed by atoms with Crippen LogP contribution in [0.1, 0.15) is 32.6 Å². The number of rotatable bonds is 8. The van der Waals surface area contributed by atoms with Gasteiger partial charge in [-0.25, -0.2) is 4.39 Å². The average molecular weight is 332 g/mol. The van der Waals surface area contributed by atoms with E-state index in [2.05, 4.69) is 21.2 Å². The number of esters is 1. The van der Waals surface area contributed by atoms with E-state index in [1.807, 2.05) is 0 Å². The summed E-state index contributed by atoms with van der Waals surface area (Å²) in [5, 5.41) is 3.16. The van der Waals surface area contributed by atoms with Crippen LogP contribution in [0.25, 0.3) is 0 Å². The zero-order chi connectivity index (χ0) is 14.1. The Bertz CT molecular complexity index is 412. The second-order valence-corrected chi connectivity index (χ2v) is 5.02. The van der Waals surface area contributed by atoms with E-state index in [1.54, 1.807) is 13.0 Å². The summed E-state index contributed by atoms with van der Waals surface area (Å²) >= 11 is 3.36. The predicted octanol–water partition coefficient (Wildman–Crippen LogP) is 4.12. The highest BCUT2D eigenvalue weighted by Gasteiger charge is 2.02. The van der Waals surface area contributed by atoms with Crippen molar-refractivity contribution in [2.75, 3.05) is 18.5 Å². The minimum Gasteiger partial charge on any atom is -0.466 e. The molecule has 0 saturated heterocycles. The van der Waals surface area contributed by atoms with Crippen LogP contribution in [0.2, 0.25) is 0 Å². The molecule has 0 unspecified atom stereocenters. The van der Waals surface area contributed by atoms with Crippen LogP contribution < -0.4 is 5.32 Å². The van der Waals surface area contributed by atoms with E-state index in [0.29, 0.717) is 13.0 Å². The fraction of sp³-hybridized carbons (Fsp3) is 0.500. The summed E-state index contributed by atoms with van der Waals surface area (Å²) in [4.78, 5) is 11.1. The van der Waals surface area contributed by atoms with Crippen molar-refractivity contribution < 1.29 is 13.9 Å². The van der Waals surface area contributed by atoms with Gasteiger partial charge in [-0.1, -0.05) is 6.42 Å². The SMILES string of the molecule is CCOC(=O)CCCCCNc1cc(F)ccc1Br. The lowest BCUT2D eigenvalue weighted by molar-refractivity contribution is -0.143. The molecule has 1 N–H and O–H groups in total. The number of unbranched alkanes of at least 4 members (excludes halogenated alkanes) is 2. The van der Waals surface area contributed by atoms with Crippen LogP contribution in [-0.2, 0) is 9.53 Å². The highest BCUT2D eigenvalue weighted by Crippen LogP contribution is 2.22. The van der Waals surface area contributed by atoms with Crippen molar-refractivity contribution in [2.24, 2.45) is 0 Å². The summed E-state index contributed by atoms with van der Waals surface area (Å²) in [6.45, 7) is 3.00. The average Bonchev–Trinajstić information content (AvgIpc) is 2.38. The molecule has 0 atom stereocenters. The maximum absolute atomic E-state index is 13.0.